The van der Waals surface area contributed by atoms with E-state index < -0.39 is 21.0 Å². The van der Waals surface area contributed by atoms with Gasteiger partial charge in [-0.05, 0) is 62.7 Å². The number of pyridine rings is 1. The first-order valence-electron chi connectivity index (χ1n) is 12.4. The Balaban J connectivity index is 1.63. The van der Waals surface area contributed by atoms with Crippen molar-refractivity contribution in [3.8, 4) is 17.1 Å². The molecule has 12 heteroatoms. The number of aromatic nitrogens is 3. The first-order valence-corrected chi connectivity index (χ1v) is 13.8. The second-order valence-electron chi connectivity index (χ2n) is 10.0. The number of nitrogens with one attached hydrogen (secondary N) is 3. The fourth-order valence-electron chi connectivity index (χ4n) is 4.88. The number of hydrogen-bond donors (Lipinski definition) is 3. The molecular formula is C27H30N6O5S. The molecule has 0 radical (unpaired) electrons. The molecule has 0 saturated heterocycles. The average Bonchev–Trinajstić information content (AvgIpc) is 3.38. The van der Waals surface area contributed by atoms with Gasteiger partial charge in [-0.3, -0.25) is 9.59 Å². The molecule has 3 N–H and O–H groups in total. The topological polar surface area (TPSA) is 140 Å². The Morgan fingerprint density at radius 3 is 2.51 bits per heavy atom. The van der Waals surface area contributed by atoms with Gasteiger partial charge in [0.15, 0.2) is 0 Å². The maximum atomic E-state index is 13.1. The highest BCUT2D eigenvalue weighted by atomic mass is 32.2. The van der Waals surface area contributed by atoms with E-state index in [1.54, 1.807) is 17.0 Å². The molecule has 204 valence electrons. The number of carbonyl (C=O) groups excluding carboxylic acids is 1. The third-order valence-electron chi connectivity index (χ3n) is 7.08. The van der Waals surface area contributed by atoms with Gasteiger partial charge >= 0.3 is 0 Å². The molecule has 0 unspecified atom stereocenters. The van der Waals surface area contributed by atoms with Crippen LogP contribution in [0.1, 0.15) is 26.3 Å². The number of aromatic amines is 2. The van der Waals surface area contributed by atoms with Gasteiger partial charge in [0, 0.05) is 26.8 Å². The summed E-state index contributed by atoms with van der Waals surface area (Å²) in [7, 11) is 0.677. The Labute approximate surface area is 225 Å². The van der Waals surface area contributed by atoms with E-state index in [1.807, 2.05) is 32.9 Å². The van der Waals surface area contributed by atoms with Gasteiger partial charge in [-0.15, -0.1) is 0 Å². The number of anilines is 3. The van der Waals surface area contributed by atoms with Crippen molar-refractivity contribution in [3.63, 3.8) is 0 Å². The molecule has 2 aromatic carbocycles. The number of H-pyrrole nitrogens is 2. The number of ether oxygens (including phenoxy) is 1. The zero-order chi connectivity index (χ0) is 28.3. The summed E-state index contributed by atoms with van der Waals surface area (Å²) in [5.41, 5.74) is 2.91. The van der Waals surface area contributed by atoms with Crippen LogP contribution in [-0.4, -0.2) is 61.3 Å². The summed E-state index contributed by atoms with van der Waals surface area (Å²) in [5.74, 6) is 0.749. The summed E-state index contributed by atoms with van der Waals surface area (Å²) in [6.45, 7) is 6.26. The van der Waals surface area contributed by atoms with Crippen LogP contribution in [0, 0.1) is 0 Å². The van der Waals surface area contributed by atoms with Crippen LogP contribution in [0.4, 0.5) is 17.1 Å². The summed E-state index contributed by atoms with van der Waals surface area (Å²) < 4.78 is 32.0. The lowest BCUT2D eigenvalue weighted by molar-refractivity contribution is -0.122. The van der Waals surface area contributed by atoms with Gasteiger partial charge in [0.1, 0.15) is 17.1 Å². The molecule has 0 aliphatic carbocycles. The zero-order valence-electron chi connectivity index (χ0n) is 22.5. The van der Waals surface area contributed by atoms with E-state index in [1.165, 1.54) is 39.5 Å². The Bertz CT molecular complexity index is 1790. The molecule has 0 spiro atoms. The molecule has 0 atom stereocenters. The Kier molecular flexibility index (Phi) is 6.27. The highest BCUT2D eigenvalue weighted by Gasteiger charge is 2.43. The Morgan fingerprint density at radius 1 is 1.10 bits per heavy atom. The molecule has 4 aromatic rings. The highest BCUT2D eigenvalue weighted by Crippen LogP contribution is 2.43. The third kappa shape index (κ3) is 4.16. The largest absolute Gasteiger partial charge is 0.495 e. The minimum atomic E-state index is -3.71. The first-order chi connectivity index (χ1) is 18.4. The van der Waals surface area contributed by atoms with Crippen LogP contribution in [0.5, 0.6) is 5.75 Å². The van der Waals surface area contributed by atoms with E-state index in [4.69, 9.17) is 9.72 Å². The number of fused-ring (bicyclic) bond motifs is 2. The molecule has 1 aliphatic rings. The van der Waals surface area contributed by atoms with Crippen molar-refractivity contribution in [3.05, 3.63) is 58.5 Å². The fourth-order valence-corrected chi connectivity index (χ4v) is 5.81. The van der Waals surface area contributed by atoms with E-state index in [9.17, 15) is 18.0 Å². The van der Waals surface area contributed by atoms with Gasteiger partial charge in [0.05, 0.1) is 45.5 Å². The first kappa shape index (κ1) is 26.4. The van der Waals surface area contributed by atoms with Crippen LogP contribution in [0.15, 0.2) is 52.3 Å². The summed E-state index contributed by atoms with van der Waals surface area (Å²) in [5, 5.41) is 3.17. The van der Waals surface area contributed by atoms with Crippen LogP contribution >= 0.6 is 0 Å². The fraction of sp³-hybridized carbons (Fsp3) is 0.296. The van der Waals surface area contributed by atoms with Gasteiger partial charge in [-0.2, -0.15) is 0 Å². The van der Waals surface area contributed by atoms with Crippen LogP contribution < -0.4 is 20.5 Å². The smallest absolute Gasteiger partial charge is 0.261 e. The minimum absolute atomic E-state index is 0.0336. The van der Waals surface area contributed by atoms with Crippen LogP contribution in [-0.2, 0) is 20.2 Å². The lowest BCUT2D eigenvalue weighted by atomic mass is 9.86. The van der Waals surface area contributed by atoms with Crippen molar-refractivity contribution in [2.75, 3.05) is 38.0 Å². The maximum Gasteiger partial charge on any atom is 0.261 e. The predicted octanol–water partition coefficient (Wildman–Crippen LogP) is 3.56. The Hall–Kier alpha value is -4.16. The predicted molar refractivity (Wildman–Crippen MR) is 150 cm³/mol. The van der Waals surface area contributed by atoms with Gasteiger partial charge < -0.3 is 24.9 Å². The SMILES string of the molecule is CCN1C(=O)C(C)(C)c2cc3[nH]c(-c4c(Nc5cc(S(=O)(=O)N(C)C)ccc5OC)cc[nH]c4=O)nc3cc21. The number of carbonyl (C=O) groups is 1. The number of nitrogens with zero attached hydrogens (tertiary/aromatic N) is 3. The molecular weight excluding hydrogens is 520 g/mol. The molecule has 0 bridgehead atoms. The molecule has 3 heterocycles. The Morgan fingerprint density at radius 2 is 1.85 bits per heavy atom. The number of hydrogen-bond acceptors (Lipinski definition) is 7. The van der Waals surface area contributed by atoms with Crippen molar-refractivity contribution < 1.29 is 17.9 Å². The van der Waals surface area contributed by atoms with Crippen LogP contribution in [0.2, 0.25) is 0 Å². The number of methoxy groups -OCH3 is 1. The number of rotatable bonds is 7. The number of likely N-dealkylation sites (N-methyl/N-ethyl adjacent to an activating group) is 1. The van der Waals surface area contributed by atoms with Gasteiger partial charge in [-0.25, -0.2) is 17.7 Å². The molecule has 2 aromatic heterocycles. The highest BCUT2D eigenvalue weighted by molar-refractivity contribution is 7.89. The number of sulfonamides is 1. The zero-order valence-corrected chi connectivity index (χ0v) is 23.4. The molecule has 0 saturated carbocycles. The van der Waals surface area contributed by atoms with Crippen molar-refractivity contribution in [2.24, 2.45) is 0 Å². The van der Waals surface area contributed by atoms with Crippen molar-refractivity contribution in [1.82, 2.24) is 19.3 Å². The quantitative estimate of drug-likeness (QED) is 0.320. The van der Waals surface area contributed by atoms with Crippen LogP contribution in [0.25, 0.3) is 22.4 Å². The number of imidazole rings is 1. The van der Waals surface area contributed by atoms with Crippen molar-refractivity contribution >= 4 is 44.0 Å². The van der Waals surface area contributed by atoms with Crippen molar-refractivity contribution in [2.45, 2.75) is 31.1 Å². The molecule has 1 amide bonds. The maximum absolute atomic E-state index is 13.1. The lowest BCUT2D eigenvalue weighted by Crippen LogP contribution is -2.35. The molecule has 11 nitrogen and oxygen atoms in total. The summed E-state index contributed by atoms with van der Waals surface area (Å²) in [4.78, 5) is 38.4. The third-order valence-corrected chi connectivity index (χ3v) is 8.89. The second-order valence-corrected chi connectivity index (χ2v) is 12.2. The van der Waals surface area contributed by atoms with E-state index in [2.05, 4.69) is 15.3 Å². The minimum Gasteiger partial charge on any atom is -0.495 e. The van der Waals surface area contributed by atoms with Crippen molar-refractivity contribution in [1.29, 1.82) is 0 Å². The van der Waals surface area contributed by atoms with Crippen LogP contribution in [0.3, 0.4) is 0 Å². The van der Waals surface area contributed by atoms with E-state index in [0.717, 1.165) is 15.6 Å². The molecule has 5 rings (SSSR count). The normalized spacial score (nSPS) is 14.7. The second kappa shape index (κ2) is 9.24. The monoisotopic (exact) mass is 550 g/mol. The van der Waals surface area contributed by atoms with E-state index >= 15 is 0 Å². The van der Waals surface area contributed by atoms with E-state index in [0.29, 0.717) is 40.5 Å². The van der Waals surface area contributed by atoms with Gasteiger partial charge in [0.25, 0.3) is 5.56 Å². The summed E-state index contributed by atoms with van der Waals surface area (Å²) in [6.07, 6.45) is 1.49. The van der Waals surface area contributed by atoms with E-state index in [-0.39, 0.29) is 16.4 Å². The summed E-state index contributed by atoms with van der Waals surface area (Å²) in [6, 6.07) is 9.91. The standard InChI is InChI=1S/C27H30N6O5S/c1-7-33-21-14-19-18(13-16(21)27(2,3)26(33)35)30-24(31-19)23-17(10-11-28-25(23)34)29-20-12-15(8-9-22(20)38-6)39(36,37)32(4)5/h8-14H,7H2,1-6H3,(H,30,31)(H2,28,29,34). The molecule has 39 heavy (non-hydrogen) atoms. The number of benzene rings is 2. The average molecular weight is 551 g/mol. The lowest BCUT2D eigenvalue weighted by Gasteiger charge is -2.18. The van der Waals surface area contributed by atoms with Gasteiger partial charge in [-0.1, -0.05) is 0 Å². The number of amides is 1. The molecule has 1 aliphatic heterocycles. The van der Waals surface area contributed by atoms with Gasteiger partial charge in [0.2, 0.25) is 15.9 Å². The molecule has 0 fully saturated rings. The summed E-state index contributed by atoms with van der Waals surface area (Å²) >= 11 is 0.